The summed E-state index contributed by atoms with van der Waals surface area (Å²) in [5, 5.41) is 3.06. The molecule has 0 radical (unpaired) electrons. The molecule has 0 spiro atoms. The Bertz CT molecular complexity index is 32.8. The third-order valence-corrected chi connectivity index (χ3v) is 0.725. The summed E-state index contributed by atoms with van der Waals surface area (Å²) in [6.07, 6.45) is 0. The molecule has 0 aliphatic heterocycles. The van der Waals surface area contributed by atoms with Crippen molar-refractivity contribution in [1.29, 1.82) is 0 Å². The molecule has 0 N–H and O–H groups in total. The van der Waals surface area contributed by atoms with Crippen molar-refractivity contribution < 1.29 is 4.28 Å². The molecule has 0 amide bonds. The molecule has 2 nitrogen and oxygen atoms in total. The second-order valence-electron chi connectivity index (χ2n) is 0.267. The number of hydrogen-bond donors (Lipinski definition) is 0. The molecule has 0 bridgehead atoms. The van der Waals surface area contributed by atoms with Gasteiger partial charge in [0.15, 0.2) is 0 Å². The van der Waals surface area contributed by atoms with Crippen LogP contribution in [0.4, 0.5) is 0 Å². The zero-order valence-electron chi connectivity index (χ0n) is 2.35. The Labute approximate surface area is 47.5 Å². The second-order valence-corrected chi connectivity index (χ2v) is 1.62. The van der Waals surface area contributed by atoms with Gasteiger partial charge in [-0.3, -0.25) is 0 Å². The summed E-state index contributed by atoms with van der Waals surface area (Å²) in [5.41, 5.74) is 0. The minimum absolute atomic E-state index is 1.14. The van der Waals surface area contributed by atoms with E-state index in [1.54, 1.807) is 0 Å². The van der Waals surface area contributed by atoms with Crippen LogP contribution in [0.2, 0.25) is 0 Å². The maximum atomic E-state index is 4.25. The summed E-state index contributed by atoms with van der Waals surface area (Å²) in [6.45, 7) is 0. The third-order valence-electron chi connectivity index (χ3n) is 0.0809. The quantitative estimate of drug-likeness (QED) is 0.287. The molecule has 0 aromatic rings. The summed E-state index contributed by atoms with van der Waals surface area (Å²) in [6, 6.07) is 0. The average Bonchev–Trinajstić information content (AvgIpc) is 1.41. The van der Waals surface area contributed by atoms with Gasteiger partial charge in [0.1, 0.15) is 0 Å². The Balaban J connectivity index is 2.40. The molecule has 0 aliphatic rings. The summed E-state index contributed by atoms with van der Waals surface area (Å²) >= 11 is 1.95. The van der Waals surface area contributed by atoms with Gasteiger partial charge in [-0.2, -0.15) is 0 Å². The zero-order chi connectivity index (χ0) is 4.12. The third kappa shape index (κ3) is 4.74. The van der Waals surface area contributed by atoms with Gasteiger partial charge in [0.05, 0.1) is 0 Å². The Hall–Kier alpha value is 0.745. The van der Waals surface area contributed by atoms with Crippen LogP contribution in [0.3, 0.4) is 0 Å². The Morgan fingerprint density at radius 1 is 2.00 bits per heavy atom. The topological polar surface area (TPSA) is 21.6 Å². The standard InChI is InChI=1S/BHINOS/c1-3-4-5-2/h1H. The zero-order valence-corrected chi connectivity index (χ0v) is 5.32. The monoisotopic (exact) mass is 201 g/mol. The first-order valence-corrected chi connectivity index (χ1v) is 4.10. The van der Waals surface area contributed by atoms with Crippen molar-refractivity contribution in [3.63, 3.8) is 0 Å². The van der Waals surface area contributed by atoms with E-state index in [2.05, 4.69) is 17.0 Å². The summed E-state index contributed by atoms with van der Waals surface area (Å²) in [5.74, 6) is 0. The summed E-state index contributed by atoms with van der Waals surface area (Å²) in [7, 11) is 4.20. The molecular formula is HBINOS. The van der Waals surface area contributed by atoms with Crippen molar-refractivity contribution >= 4 is 38.1 Å². The summed E-state index contributed by atoms with van der Waals surface area (Å²) in [4.78, 5) is 0. The van der Waals surface area contributed by atoms with Crippen LogP contribution in [0.1, 0.15) is 0 Å². The van der Waals surface area contributed by atoms with Gasteiger partial charge >= 0.3 is 47.4 Å². The molecule has 0 fully saturated rings. The van der Waals surface area contributed by atoms with E-state index in [4.69, 9.17) is 0 Å². The molecule has 5 heteroatoms. The first kappa shape index (κ1) is 5.74. The fourth-order valence-electron chi connectivity index (χ4n) is 0.0199. The van der Waals surface area contributed by atoms with Crippen LogP contribution in [-0.4, -0.2) is 7.64 Å². The van der Waals surface area contributed by atoms with Crippen LogP contribution in [0.15, 0.2) is 5.06 Å². The minimum atomic E-state index is 1.14. The molecule has 0 unspecified atom stereocenters. The SMILES string of the molecule is B=NOSI. The van der Waals surface area contributed by atoms with E-state index >= 15 is 0 Å². The van der Waals surface area contributed by atoms with E-state index in [1.807, 2.05) is 21.2 Å². The van der Waals surface area contributed by atoms with E-state index in [0.29, 0.717) is 0 Å². The fraction of sp³-hybridized carbons (Fsp3) is 0. The molecule has 0 aliphatic carbocycles. The van der Waals surface area contributed by atoms with Crippen molar-refractivity contribution in [1.82, 2.24) is 0 Å². The molecule has 0 saturated carbocycles. The normalized spacial score (nSPS) is 6.40. The molecule has 0 saturated heterocycles. The van der Waals surface area contributed by atoms with Gasteiger partial charge in [-0.1, -0.05) is 0 Å². The van der Waals surface area contributed by atoms with Crippen molar-refractivity contribution in [2.75, 3.05) is 0 Å². The van der Waals surface area contributed by atoms with E-state index in [0.717, 1.165) is 9.21 Å². The van der Waals surface area contributed by atoms with Gasteiger partial charge in [0, 0.05) is 0 Å². The van der Waals surface area contributed by atoms with Gasteiger partial charge < -0.3 is 0 Å². The van der Waals surface area contributed by atoms with Gasteiger partial charge in [0.2, 0.25) is 0 Å². The molecule has 0 heterocycles. The molecule has 0 aromatic carbocycles. The first-order valence-electron chi connectivity index (χ1n) is 0.820. The average molecular weight is 201 g/mol. The number of halogens is 1. The van der Waals surface area contributed by atoms with Crippen LogP contribution < -0.4 is 0 Å². The Kier molecular flexibility index (Phi) is 5.45. The van der Waals surface area contributed by atoms with Crippen LogP contribution in [0.5, 0.6) is 0 Å². The number of rotatable bonds is 2. The molecular weight excluding hydrogens is 200 g/mol. The Morgan fingerprint density at radius 2 is 2.60 bits per heavy atom. The number of nitrogens with zero attached hydrogens (tertiary/aromatic N) is 1. The van der Waals surface area contributed by atoms with Gasteiger partial charge in [-0.05, 0) is 0 Å². The van der Waals surface area contributed by atoms with Crippen molar-refractivity contribution in [2.45, 2.75) is 0 Å². The van der Waals surface area contributed by atoms with Crippen molar-refractivity contribution in [2.24, 2.45) is 5.06 Å². The van der Waals surface area contributed by atoms with Crippen LogP contribution in [0.25, 0.3) is 0 Å². The molecule has 0 rings (SSSR count). The number of hydrogen-bond acceptors (Lipinski definition) is 3. The van der Waals surface area contributed by atoms with Crippen LogP contribution in [-0.2, 0) is 4.28 Å². The van der Waals surface area contributed by atoms with E-state index < -0.39 is 0 Å². The molecule has 0 aromatic heterocycles. The van der Waals surface area contributed by atoms with E-state index in [-0.39, 0.29) is 0 Å². The maximum absolute atomic E-state index is 4.25. The van der Waals surface area contributed by atoms with E-state index in [9.17, 15) is 0 Å². The van der Waals surface area contributed by atoms with Gasteiger partial charge in [0.25, 0.3) is 0 Å². The summed E-state index contributed by atoms with van der Waals surface area (Å²) < 4.78 is 4.25. The van der Waals surface area contributed by atoms with Crippen molar-refractivity contribution in [3.05, 3.63) is 0 Å². The Morgan fingerprint density at radius 3 is 2.60 bits per heavy atom. The predicted octanol–water partition coefficient (Wildman–Crippen LogP) is 1.00. The van der Waals surface area contributed by atoms with Crippen LogP contribution in [0, 0.1) is 0 Å². The molecule has 0 atom stereocenters. The first-order chi connectivity index (χ1) is 2.41. The van der Waals surface area contributed by atoms with Gasteiger partial charge in [-0.25, -0.2) is 0 Å². The van der Waals surface area contributed by atoms with Crippen LogP contribution >= 0.6 is 30.4 Å². The van der Waals surface area contributed by atoms with Gasteiger partial charge in [-0.15, -0.1) is 0 Å². The molecule has 5 heavy (non-hydrogen) atoms. The molecule has 28 valence electrons. The predicted molar refractivity (Wildman–Crippen MR) is 32.3 cm³/mol. The second kappa shape index (κ2) is 4.74. The fourth-order valence-corrected chi connectivity index (χ4v) is 0.401. The van der Waals surface area contributed by atoms with Crippen molar-refractivity contribution in [3.8, 4) is 0 Å². The van der Waals surface area contributed by atoms with E-state index in [1.165, 1.54) is 0 Å².